The molecule has 0 unspecified atom stereocenters. The smallest absolute Gasteiger partial charge is 0.319 e. The molecule has 3 amide bonds. The van der Waals surface area contributed by atoms with Crippen molar-refractivity contribution in [1.29, 1.82) is 0 Å². The van der Waals surface area contributed by atoms with Gasteiger partial charge in [-0.2, -0.15) is 0 Å². The Balaban J connectivity index is 1.53. The first-order chi connectivity index (χ1) is 12.5. The fourth-order valence-electron chi connectivity index (χ4n) is 3.13. The molecule has 3 rings (SSSR count). The first-order valence-electron chi connectivity index (χ1n) is 9.08. The first-order valence-corrected chi connectivity index (χ1v) is 9.08. The second-order valence-corrected chi connectivity index (χ2v) is 6.97. The molecule has 26 heavy (non-hydrogen) atoms. The highest BCUT2D eigenvalue weighted by Gasteiger charge is 2.13. The molecule has 0 spiro atoms. The lowest BCUT2D eigenvalue weighted by molar-refractivity contribution is 0.0951. The molecule has 0 aliphatic heterocycles. The third kappa shape index (κ3) is 4.63. The normalized spacial score (nSPS) is 12.6. The molecule has 0 atom stereocenters. The van der Waals surface area contributed by atoms with E-state index in [4.69, 9.17) is 0 Å². The van der Waals surface area contributed by atoms with Gasteiger partial charge in [0.2, 0.25) is 0 Å². The second-order valence-electron chi connectivity index (χ2n) is 6.97. The van der Waals surface area contributed by atoms with Crippen LogP contribution in [0.25, 0.3) is 0 Å². The fraction of sp³-hybridized carbons (Fsp3) is 0.333. The minimum atomic E-state index is -0.224. The summed E-state index contributed by atoms with van der Waals surface area (Å²) < 4.78 is 0. The number of hydrogen-bond acceptors (Lipinski definition) is 2. The van der Waals surface area contributed by atoms with Crippen LogP contribution in [0.15, 0.2) is 42.5 Å². The number of amides is 3. The zero-order chi connectivity index (χ0) is 18.5. The lowest BCUT2D eigenvalue weighted by atomic mass is 10.1. The van der Waals surface area contributed by atoms with Crippen LogP contribution < -0.4 is 16.0 Å². The van der Waals surface area contributed by atoms with Crippen LogP contribution >= 0.6 is 0 Å². The predicted octanol–water partition coefficient (Wildman–Crippen LogP) is 3.64. The van der Waals surface area contributed by atoms with Crippen LogP contribution in [0.3, 0.4) is 0 Å². The Morgan fingerprint density at radius 2 is 1.73 bits per heavy atom. The van der Waals surface area contributed by atoms with Crippen LogP contribution in [0, 0.1) is 0 Å². The number of hydrogen-bond donors (Lipinski definition) is 3. The summed E-state index contributed by atoms with van der Waals surface area (Å²) >= 11 is 0. The largest absolute Gasteiger partial charge is 0.348 e. The molecule has 0 fully saturated rings. The molecule has 2 aromatic carbocycles. The molecule has 2 aromatic rings. The molecule has 5 nitrogen and oxygen atoms in total. The Bertz CT molecular complexity index is 797. The summed E-state index contributed by atoms with van der Waals surface area (Å²) in [4.78, 5) is 24.0. The van der Waals surface area contributed by atoms with Crippen molar-refractivity contribution in [3.05, 3.63) is 64.7 Å². The van der Waals surface area contributed by atoms with E-state index in [0.29, 0.717) is 12.1 Å². The van der Waals surface area contributed by atoms with Gasteiger partial charge < -0.3 is 16.0 Å². The maximum absolute atomic E-state index is 12.4. The molecular formula is C21H25N3O2. The van der Waals surface area contributed by atoms with Crippen molar-refractivity contribution in [2.75, 3.05) is 5.32 Å². The minimum Gasteiger partial charge on any atom is -0.348 e. The van der Waals surface area contributed by atoms with Gasteiger partial charge in [-0.15, -0.1) is 0 Å². The van der Waals surface area contributed by atoms with Crippen LogP contribution in [0.2, 0.25) is 0 Å². The average molecular weight is 351 g/mol. The molecule has 0 heterocycles. The van der Waals surface area contributed by atoms with E-state index in [1.165, 1.54) is 17.5 Å². The third-order valence-electron chi connectivity index (χ3n) is 4.45. The SMILES string of the molecule is CC(C)NC(=O)Nc1ccc(CNC(=O)c2ccc3c(c2)CCC3)cc1. The number of benzene rings is 2. The minimum absolute atomic E-state index is 0.0572. The Kier molecular flexibility index (Phi) is 5.56. The van der Waals surface area contributed by atoms with Gasteiger partial charge in [-0.25, -0.2) is 4.79 Å². The maximum Gasteiger partial charge on any atom is 0.319 e. The van der Waals surface area contributed by atoms with Gasteiger partial charge in [0.1, 0.15) is 0 Å². The Labute approximate surface area is 154 Å². The van der Waals surface area contributed by atoms with E-state index in [1.54, 1.807) is 0 Å². The number of urea groups is 1. The number of anilines is 1. The van der Waals surface area contributed by atoms with Crippen molar-refractivity contribution >= 4 is 17.6 Å². The van der Waals surface area contributed by atoms with Gasteiger partial charge in [-0.1, -0.05) is 18.2 Å². The Morgan fingerprint density at radius 3 is 2.46 bits per heavy atom. The van der Waals surface area contributed by atoms with Crippen LogP contribution in [-0.4, -0.2) is 18.0 Å². The van der Waals surface area contributed by atoms with Gasteiger partial charge >= 0.3 is 6.03 Å². The maximum atomic E-state index is 12.4. The van der Waals surface area contributed by atoms with Crippen molar-refractivity contribution < 1.29 is 9.59 Å². The molecule has 0 saturated carbocycles. The van der Waals surface area contributed by atoms with Crippen molar-refractivity contribution in [2.24, 2.45) is 0 Å². The van der Waals surface area contributed by atoms with Gasteiger partial charge in [0.05, 0.1) is 0 Å². The highest BCUT2D eigenvalue weighted by atomic mass is 16.2. The number of carbonyl (C=O) groups is 2. The van der Waals surface area contributed by atoms with E-state index in [9.17, 15) is 9.59 Å². The predicted molar refractivity (Wildman–Crippen MR) is 103 cm³/mol. The summed E-state index contributed by atoms with van der Waals surface area (Å²) in [6.45, 7) is 4.27. The van der Waals surface area contributed by atoms with E-state index in [-0.39, 0.29) is 18.0 Å². The molecule has 3 N–H and O–H groups in total. The summed E-state index contributed by atoms with van der Waals surface area (Å²) in [6, 6.07) is 13.3. The summed E-state index contributed by atoms with van der Waals surface area (Å²) in [6.07, 6.45) is 3.36. The molecule has 1 aliphatic rings. The average Bonchev–Trinajstić information content (AvgIpc) is 3.07. The summed E-state index contributed by atoms with van der Waals surface area (Å²) in [5.74, 6) is -0.0572. The van der Waals surface area contributed by atoms with Gasteiger partial charge in [-0.3, -0.25) is 4.79 Å². The molecule has 0 aromatic heterocycles. The third-order valence-corrected chi connectivity index (χ3v) is 4.45. The zero-order valence-electron chi connectivity index (χ0n) is 15.3. The summed E-state index contributed by atoms with van der Waals surface area (Å²) in [5.41, 5.74) is 5.08. The topological polar surface area (TPSA) is 70.2 Å². The van der Waals surface area contributed by atoms with Crippen molar-refractivity contribution in [3.63, 3.8) is 0 Å². The molecule has 0 saturated heterocycles. The molecular weight excluding hydrogens is 326 g/mol. The Morgan fingerprint density at radius 1 is 1.00 bits per heavy atom. The lowest BCUT2D eigenvalue weighted by Gasteiger charge is -2.11. The highest BCUT2D eigenvalue weighted by molar-refractivity contribution is 5.94. The molecule has 0 radical (unpaired) electrons. The van der Waals surface area contributed by atoms with Crippen LogP contribution in [0.1, 0.15) is 47.3 Å². The van der Waals surface area contributed by atoms with E-state index >= 15 is 0 Å². The summed E-state index contributed by atoms with van der Waals surface area (Å²) in [5, 5.41) is 8.51. The van der Waals surface area contributed by atoms with Crippen LogP contribution in [-0.2, 0) is 19.4 Å². The van der Waals surface area contributed by atoms with Crippen LogP contribution in [0.5, 0.6) is 0 Å². The number of aryl methyl sites for hydroxylation is 2. The lowest BCUT2D eigenvalue weighted by Crippen LogP contribution is -2.34. The van der Waals surface area contributed by atoms with Gasteiger partial charge in [0.25, 0.3) is 5.91 Å². The molecule has 0 bridgehead atoms. The monoisotopic (exact) mass is 351 g/mol. The Hall–Kier alpha value is -2.82. The standard InChI is InChI=1S/C21H25N3O2/c1-14(2)23-21(26)24-19-10-6-15(7-11-19)13-22-20(25)18-9-8-16-4-3-5-17(16)12-18/h6-12,14H,3-5,13H2,1-2H3,(H,22,25)(H2,23,24,26). The van der Waals surface area contributed by atoms with E-state index in [1.807, 2.05) is 50.2 Å². The summed E-state index contributed by atoms with van der Waals surface area (Å²) in [7, 11) is 0. The van der Waals surface area contributed by atoms with E-state index in [0.717, 1.165) is 24.1 Å². The van der Waals surface area contributed by atoms with E-state index in [2.05, 4.69) is 22.0 Å². The second kappa shape index (κ2) is 8.04. The van der Waals surface area contributed by atoms with Gasteiger partial charge in [-0.05, 0) is 74.1 Å². The van der Waals surface area contributed by atoms with Crippen molar-refractivity contribution in [2.45, 2.75) is 45.7 Å². The quantitative estimate of drug-likeness (QED) is 0.770. The molecule has 1 aliphatic carbocycles. The number of carbonyl (C=O) groups excluding carboxylic acids is 2. The number of fused-ring (bicyclic) bond motifs is 1. The molecule has 5 heteroatoms. The number of nitrogens with one attached hydrogen (secondary N) is 3. The van der Waals surface area contributed by atoms with Crippen molar-refractivity contribution in [3.8, 4) is 0 Å². The van der Waals surface area contributed by atoms with Gasteiger partial charge in [0, 0.05) is 23.8 Å². The zero-order valence-corrected chi connectivity index (χ0v) is 15.3. The van der Waals surface area contributed by atoms with Crippen LogP contribution in [0.4, 0.5) is 10.5 Å². The van der Waals surface area contributed by atoms with E-state index < -0.39 is 0 Å². The highest BCUT2D eigenvalue weighted by Crippen LogP contribution is 2.22. The fourth-order valence-corrected chi connectivity index (χ4v) is 3.13. The van der Waals surface area contributed by atoms with Gasteiger partial charge in [0.15, 0.2) is 0 Å². The first kappa shape index (κ1) is 18.0. The van der Waals surface area contributed by atoms with Crippen molar-refractivity contribution in [1.82, 2.24) is 10.6 Å². The molecule has 136 valence electrons. The number of rotatable bonds is 5.